The first-order chi connectivity index (χ1) is 5.86. The summed E-state index contributed by atoms with van der Waals surface area (Å²) < 4.78 is 0. The van der Waals surface area contributed by atoms with Gasteiger partial charge in [-0.2, -0.15) is 10.2 Å². The number of hydrogen-bond acceptors (Lipinski definition) is 3. The van der Waals surface area contributed by atoms with E-state index in [1.54, 1.807) is 7.05 Å². The summed E-state index contributed by atoms with van der Waals surface area (Å²) in [6.07, 6.45) is 0.698. The van der Waals surface area contributed by atoms with Crippen LogP contribution in [0.1, 0.15) is 5.56 Å². The van der Waals surface area contributed by atoms with Crippen molar-refractivity contribution in [2.45, 2.75) is 6.42 Å². The molecule has 1 rings (SSSR count). The summed E-state index contributed by atoms with van der Waals surface area (Å²) in [5.41, 5.74) is 1.96. The number of nitrogens with zero attached hydrogens (tertiary/aromatic N) is 2. The molecule has 0 fully saturated rings. The van der Waals surface area contributed by atoms with Crippen LogP contribution in [0.25, 0.3) is 0 Å². The Hall–Kier alpha value is -1.22. The molecule has 0 bridgehead atoms. The van der Waals surface area contributed by atoms with Gasteiger partial charge in [0.2, 0.25) is 0 Å². The van der Waals surface area contributed by atoms with Crippen molar-refractivity contribution in [3.63, 3.8) is 0 Å². The molecule has 0 aromatic heterocycles. The largest absolute Gasteiger partial charge is 0.396 e. The van der Waals surface area contributed by atoms with Gasteiger partial charge in [-0.05, 0) is 24.1 Å². The highest BCUT2D eigenvalue weighted by atomic mass is 16.2. The molecule has 0 aliphatic carbocycles. The SMILES string of the molecule is CN=Nc1ccc(CCO)cc1. The van der Waals surface area contributed by atoms with Gasteiger partial charge in [0.25, 0.3) is 0 Å². The molecule has 0 spiro atoms. The third-order valence-corrected chi connectivity index (χ3v) is 1.55. The van der Waals surface area contributed by atoms with Gasteiger partial charge >= 0.3 is 0 Å². The Morgan fingerprint density at radius 1 is 1.25 bits per heavy atom. The molecule has 3 heteroatoms. The normalized spacial score (nSPS) is 10.8. The molecular formula is C9H12N2O. The summed E-state index contributed by atoms with van der Waals surface area (Å²) in [5, 5.41) is 16.2. The van der Waals surface area contributed by atoms with E-state index in [9.17, 15) is 0 Å². The molecule has 0 saturated carbocycles. The van der Waals surface area contributed by atoms with E-state index in [2.05, 4.69) is 10.2 Å². The van der Waals surface area contributed by atoms with Crippen LogP contribution in [-0.2, 0) is 6.42 Å². The number of azo groups is 1. The first-order valence-electron chi connectivity index (χ1n) is 3.86. The van der Waals surface area contributed by atoms with E-state index in [0.29, 0.717) is 6.42 Å². The van der Waals surface area contributed by atoms with E-state index >= 15 is 0 Å². The number of rotatable bonds is 3. The Morgan fingerprint density at radius 2 is 1.92 bits per heavy atom. The number of benzene rings is 1. The maximum Gasteiger partial charge on any atom is 0.0852 e. The van der Waals surface area contributed by atoms with Gasteiger partial charge in [0.15, 0.2) is 0 Å². The van der Waals surface area contributed by atoms with Crippen LogP contribution >= 0.6 is 0 Å². The number of aliphatic hydroxyl groups excluding tert-OH is 1. The molecule has 64 valence electrons. The molecule has 0 unspecified atom stereocenters. The second-order valence-electron chi connectivity index (χ2n) is 2.44. The molecule has 0 heterocycles. The van der Waals surface area contributed by atoms with E-state index in [1.165, 1.54) is 0 Å². The lowest BCUT2D eigenvalue weighted by Gasteiger charge is -1.96. The van der Waals surface area contributed by atoms with Gasteiger partial charge in [-0.25, -0.2) is 0 Å². The van der Waals surface area contributed by atoms with Gasteiger partial charge in [-0.3, -0.25) is 0 Å². The van der Waals surface area contributed by atoms with Crippen LogP contribution in [-0.4, -0.2) is 18.8 Å². The van der Waals surface area contributed by atoms with E-state index in [-0.39, 0.29) is 6.61 Å². The number of hydrogen-bond donors (Lipinski definition) is 1. The molecular weight excluding hydrogens is 152 g/mol. The lowest BCUT2D eigenvalue weighted by Crippen LogP contribution is -1.88. The summed E-state index contributed by atoms with van der Waals surface area (Å²) in [7, 11) is 1.64. The fourth-order valence-electron chi connectivity index (χ4n) is 0.974. The zero-order valence-electron chi connectivity index (χ0n) is 7.07. The third kappa shape index (κ3) is 2.43. The average molecular weight is 164 g/mol. The maximum absolute atomic E-state index is 8.65. The van der Waals surface area contributed by atoms with E-state index < -0.39 is 0 Å². The minimum Gasteiger partial charge on any atom is -0.396 e. The van der Waals surface area contributed by atoms with Gasteiger partial charge < -0.3 is 5.11 Å². The summed E-state index contributed by atoms with van der Waals surface area (Å²) in [6, 6.07) is 7.66. The van der Waals surface area contributed by atoms with Crippen LogP contribution in [0, 0.1) is 0 Å². The van der Waals surface area contributed by atoms with Crippen molar-refractivity contribution >= 4 is 5.69 Å². The zero-order valence-corrected chi connectivity index (χ0v) is 7.07. The zero-order chi connectivity index (χ0) is 8.81. The Balaban J connectivity index is 2.71. The van der Waals surface area contributed by atoms with Gasteiger partial charge in [-0.15, -0.1) is 0 Å². The lowest BCUT2D eigenvalue weighted by molar-refractivity contribution is 0.299. The topological polar surface area (TPSA) is 45.0 Å². The fraction of sp³-hybridized carbons (Fsp3) is 0.333. The summed E-state index contributed by atoms with van der Waals surface area (Å²) >= 11 is 0. The molecule has 0 atom stereocenters. The molecule has 12 heavy (non-hydrogen) atoms. The van der Waals surface area contributed by atoms with Gasteiger partial charge in [0.1, 0.15) is 0 Å². The molecule has 1 aromatic rings. The minimum atomic E-state index is 0.189. The summed E-state index contributed by atoms with van der Waals surface area (Å²) in [5.74, 6) is 0. The molecule has 0 aliphatic heterocycles. The second kappa shape index (κ2) is 4.62. The molecule has 1 N–H and O–H groups in total. The second-order valence-corrected chi connectivity index (χ2v) is 2.44. The van der Waals surface area contributed by atoms with Crippen LogP contribution in [0.15, 0.2) is 34.5 Å². The van der Waals surface area contributed by atoms with Crippen LogP contribution in [0.4, 0.5) is 5.69 Å². The van der Waals surface area contributed by atoms with Crippen LogP contribution in [0.2, 0.25) is 0 Å². The van der Waals surface area contributed by atoms with Crippen molar-refractivity contribution in [2.75, 3.05) is 13.7 Å². The van der Waals surface area contributed by atoms with Crippen LogP contribution < -0.4 is 0 Å². The van der Waals surface area contributed by atoms with Crippen LogP contribution in [0.5, 0.6) is 0 Å². The Morgan fingerprint density at radius 3 is 2.42 bits per heavy atom. The van der Waals surface area contributed by atoms with E-state index in [4.69, 9.17) is 5.11 Å². The highest BCUT2D eigenvalue weighted by Gasteiger charge is 1.91. The van der Waals surface area contributed by atoms with E-state index in [1.807, 2.05) is 24.3 Å². The molecule has 0 saturated heterocycles. The van der Waals surface area contributed by atoms with E-state index in [0.717, 1.165) is 11.3 Å². The summed E-state index contributed by atoms with van der Waals surface area (Å²) in [4.78, 5) is 0. The van der Waals surface area contributed by atoms with Crippen molar-refractivity contribution in [2.24, 2.45) is 10.2 Å². The molecule has 1 aromatic carbocycles. The molecule has 3 nitrogen and oxygen atoms in total. The third-order valence-electron chi connectivity index (χ3n) is 1.55. The smallest absolute Gasteiger partial charge is 0.0852 e. The molecule has 0 radical (unpaired) electrons. The van der Waals surface area contributed by atoms with Crippen LogP contribution in [0.3, 0.4) is 0 Å². The quantitative estimate of drug-likeness (QED) is 0.681. The molecule has 0 aliphatic rings. The Bertz CT molecular complexity index is 254. The van der Waals surface area contributed by atoms with Gasteiger partial charge in [0.05, 0.1) is 5.69 Å². The first kappa shape index (κ1) is 8.87. The minimum absolute atomic E-state index is 0.189. The van der Waals surface area contributed by atoms with Crippen molar-refractivity contribution in [3.05, 3.63) is 29.8 Å². The maximum atomic E-state index is 8.65. The van der Waals surface area contributed by atoms with Crippen molar-refractivity contribution < 1.29 is 5.11 Å². The highest BCUT2D eigenvalue weighted by molar-refractivity contribution is 5.38. The van der Waals surface area contributed by atoms with Crippen molar-refractivity contribution in [1.82, 2.24) is 0 Å². The molecule has 0 amide bonds. The summed E-state index contributed by atoms with van der Waals surface area (Å²) in [6.45, 7) is 0.189. The predicted octanol–water partition coefficient (Wildman–Crippen LogP) is 1.93. The predicted molar refractivity (Wildman–Crippen MR) is 47.7 cm³/mol. The average Bonchev–Trinajstić information content (AvgIpc) is 2.09. The fourth-order valence-corrected chi connectivity index (χ4v) is 0.974. The monoisotopic (exact) mass is 164 g/mol. The Kier molecular flexibility index (Phi) is 3.41. The van der Waals surface area contributed by atoms with Gasteiger partial charge in [0, 0.05) is 13.7 Å². The Labute approximate surface area is 71.8 Å². The highest BCUT2D eigenvalue weighted by Crippen LogP contribution is 2.13. The van der Waals surface area contributed by atoms with Gasteiger partial charge in [-0.1, -0.05) is 12.1 Å². The number of aliphatic hydroxyl groups is 1. The van der Waals surface area contributed by atoms with Crippen molar-refractivity contribution in [3.8, 4) is 0 Å². The standard InChI is InChI=1S/C9H12N2O/c1-10-11-9-4-2-8(3-5-9)6-7-12/h2-5,12H,6-7H2,1H3. The first-order valence-corrected chi connectivity index (χ1v) is 3.86. The lowest BCUT2D eigenvalue weighted by atomic mass is 10.1. The van der Waals surface area contributed by atoms with Crippen molar-refractivity contribution in [1.29, 1.82) is 0 Å².